The second-order valence-corrected chi connectivity index (χ2v) is 8.13. The van der Waals surface area contributed by atoms with Crippen molar-refractivity contribution in [3.05, 3.63) is 64.4 Å². The van der Waals surface area contributed by atoms with Crippen molar-refractivity contribution in [2.45, 2.75) is 32.7 Å². The highest BCUT2D eigenvalue weighted by Gasteiger charge is 2.26. The van der Waals surface area contributed by atoms with Crippen molar-refractivity contribution < 1.29 is 18.7 Å². The van der Waals surface area contributed by atoms with E-state index < -0.39 is 0 Å². The average Bonchev–Trinajstić information content (AvgIpc) is 3.10. The normalized spacial score (nSPS) is 14.6. The third kappa shape index (κ3) is 4.54. The van der Waals surface area contributed by atoms with Crippen molar-refractivity contribution in [1.29, 1.82) is 0 Å². The second kappa shape index (κ2) is 9.02. The fourth-order valence-electron chi connectivity index (χ4n) is 3.93. The lowest BCUT2D eigenvalue weighted by Gasteiger charge is -2.32. The quantitative estimate of drug-likeness (QED) is 0.616. The Hall–Kier alpha value is -2.99. The van der Waals surface area contributed by atoms with Crippen molar-refractivity contribution in [3.63, 3.8) is 0 Å². The molecule has 1 N–H and O–H groups in total. The number of carbonyl (C=O) groups excluding carboxylic acids is 2. The summed E-state index contributed by atoms with van der Waals surface area (Å²) in [7, 11) is 0. The maximum absolute atomic E-state index is 12.8. The van der Waals surface area contributed by atoms with E-state index in [1.54, 1.807) is 30.3 Å². The lowest BCUT2D eigenvalue weighted by atomic mass is 10.0. The predicted molar refractivity (Wildman–Crippen MR) is 120 cm³/mol. The number of hydrogen-bond donors (Lipinski definition) is 1. The predicted octanol–water partition coefficient (Wildman–Crippen LogP) is 4.83. The molecule has 0 unspecified atom stereocenters. The minimum absolute atomic E-state index is 0.00201. The van der Waals surface area contributed by atoms with Crippen molar-refractivity contribution in [3.8, 4) is 5.75 Å². The average molecular weight is 441 g/mol. The molecular formula is C24H25ClN2O4. The monoisotopic (exact) mass is 440 g/mol. The van der Waals surface area contributed by atoms with Gasteiger partial charge in [0.2, 0.25) is 0 Å². The summed E-state index contributed by atoms with van der Waals surface area (Å²) in [6.07, 6.45) is 1.39. The standard InChI is InChI=1S/C24H25ClN2O4/c1-3-30-19-7-4-16(5-8-19)24(29)27-12-10-18(11-13-27)26-23(28)22-15(2)20-14-17(25)6-9-21(20)31-22/h4-9,14,18H,3,10-13H2,1-2H3,(H,26,28). The van der Waals surface area contributed by atoms with Gasteiger partial charge in [-0.2, -0.15) is 0 Å². The molecule has 31 heavy (non-hydrogen) atoms. The third-order valence-corrected chi connectivity index (χ3v) is 5.87. The maximum Gasteiger partial charge on any atom is 0.287 e. The van der Waals surface area contributed by atoms with E-state index in [9.17, 15) is 9.59 Å². The molecule has 0 radical (unpaired) electrons. The van der Waals surface area contributed by atoms with Crippen LogP contribution in [0.25, 0.3) is 11.0 Å². The minimum Gasteiger partial charge on any atom is -0.494 e. The molecule has 0 atom stereocenters. The number of amides is 2. The molecule has 0 aliphatic carbocycles. The van der Waals surface area contributed by atoms with Crippen molar-refractivity contribution in [1.82, 2.24) is 10.2 Å². The number of nitrogens with zero attached hydrogens (tertiary/aromatic N) is 1. The lowest BCUT2D eigenvalue weighted by Crippen LogP contribution is -2.46. The number of halogens is 1. The topological polar surface area (TPSA) is 71.8 Å². The highest BCUT2D eigenvalue weighted by Crippen LogP contribution is 2.28. The van der Waals surface area contributed by atoms with Gasteiger partial charge in [-0.25, -0.2) is 0 Å². The molecule has 7 heteroatoms. The van der Waals surface area contributed by atoms with Gasteiger partial charge in [-0.3, -0.25) is 9.59 Å². The number of piperidine rings is 1. The van der Waals surface area contributed by atoms with E-state index in [1.807, 2.05) is 30.9 Å². The Labute approximate surface area is 186 Å². The molecular weight excluding hydrogens is 416 g/mol. The molecule has 162 valence electrons. The largest absolute Gasteiger partial charge is 0.494 e. The molecule has 2 aromatic carbocycles. The third-order valence-electron chi connectivity index (χ3n) is 5.63. The zero-order chi connectivity index (χ0) is 22.0. The smallest absolute Gasteiger partial charge is 0.287 e. The Morgan fingerprint density at radius 2 is 1.87 bits per heavy atom. The Bertz CT molecular complexity index is 1100. The van der Waals surface area contributed by atoms with Gasteiger partial charge in [0.1, 0.15) is 11.3 Å². The molecule has 0 bridgehead atoms. The summed E-state index contributed by atoms with van der Waals surface area (Å²) in [4.78, 5) is 27.4. The number of hydrogen-bond acceptors (Lipinski definition) is 4. The molecule has 4 rings (SSSR count). The summed E-state index contributed by atoms with van der Waals surface area (Å²) in [5, 5.41) is 4.50. The first-order chi connectivity index (χ1) is 15.0. The van der Waals surface area contributed by atoms with Crippen LogP contribution in [0.15, 0.2) is 46.9 Å². The van der Waals surface area contributed by atoms with E-state index in [0.717, 1.165) is 16.7 Å². The molecule has 1 aliphatic rings. The van der Waals surface area contributed by atoms with Crippen LogP contribution in [0.2, 0.25) is 5.02 Å². The van der Waals surface area contributed by atoms with Gasteiger partial charge in [-0.05, 0) is 69.2 Å². The molecule has 2 amide bonds. The molecule has 3 aromatic rings. The van der Waals surface area contributed by atoms with Crippen LogP contribution < -0.4 is 10.1 Å². The van der Waals surface area contributed by atoms with Gasteiger partial charge in [0.15, 0.2) is 5.76 Å². The Kier molecular flexibility index (Phi) is 6.18. The first kappa shape index (κ1) is 21.2. The minimum atomic E-state index is -0.235. The van der Waals surface area contributed by atoms with Crippen LogP contribution in [-0.4, -0.2) is 42.5 Å². The number of likely N-dealkylation sites (tertiary alicyclic amines) is 1. The van der Waals surface area contributed by atoms with Crippen LogP contribution in [0.4, 0.5) is 0 Å². The Morgan fingerprint density at radius 3 is 2.55 bits per heavy atom. The van der Waals surface area contributed by atoms with Crippen molar-refractivity contribution in [2.75, 3.05) is 19.7 Å². The van der Waals surface area contributed by atoms with Crippen LogP contribution in [0.5, 0.6) is 5.75 Å². The summed E-state index contributed by atoms with van der Waals surface area (Å²) in [5.74, 6) is 0.827. The van der Waals surface area contributed by atoms with Gasteiger partial charge in [0, 0.05) is 40.7 Å². The first-order valence-electron chi connectivity index (χ1n) is 10.5. The van der Waals surface area contributed by atoms with Crippen LogP contribution in [0.1, 0.15) is 46.2 Å². The summed E-state index contributed by atoms with van der Waals surface area (Å²) in [6, 6.07) is 12.5. The molecule has 0 spiro atoms. The van der Waals surface area contributed by atoms with Gasteiger partial charge in [0.25, 0.3) is 11.8 Å². The fourth-order valence-corrected chi connectivity index (χ4v) is 4.10. The second-order valence-electron chi connectivity index (χ2n) is 7.69. The number of aryl methyl sites for hydroxylation is 1. The lowest BCUT2D eigenvalue weighted by molar-refractivity contribution is 0.0696. The summed E-state index contributed by atoms with van der Waals surface area (Å²) in [5.41, 5.74) is 2.06. The maximum atomic E-state index is 12.8. The van der Waals surface area contributed by atoms with Gasteiger partial charge in [0.05, 0.1) is 6.61 Å². The van der Waals surface area contributed by atoms with Crippen LogP contribution in [-0.2, 0) is 0 Å². The summed E-state index contributed by atoms with van der Waals surface area (Å²) < 4.78 is 11.2. The van der Waals surface area contributed by atoms with Gasteiger partial charge in [-0.15, -0.1) is 0 Å². The summed E-state index contributed by atoms with van der Waals surface area (Å²) in [6.45, 7) is 5.55. The zero-order valence-electron chi connectivity index (χ0n) is 17.6. The SMILES string of the molecule is CCOc1ccc(C(=O)N2CCC(NC(=O)c3oc4ccc(Cl)cc4c3C)CC2)cc1. The summed E-state index contributed by atoms with van der Waals surface area (Å²) >= 11 is 6.06. The molecule has 1 fully saturated rings. The van der Waals surface area contributed by atoms with Gasteiger partial charge in [-0.1, -0.05) is 11.6 Å². The van der Waals surface area contributed by atoms with E-state index in [1.165, 1.54) is 0 Å². The number of carbonyl (C=O) groups is 2. The number of fused-ring (bicyclic) bond motifs is 1. The zero-order valence-corrected chi connectivity index (χ0v) is 18.4. The van der Waals surface area contributed by atoms with E-state index in [0.29, 0.717) is 54.5 Å². The highest BCUT2D eigenvalue weighted by molar-refractivity contribution is 6.31. The Balaban J connectivity index is 1.35. The van der Waals surface area contributed by atoms with Crippen molar-refractivity contribution in [2.24, 2.45) is 0 Å². The van der Waals surface area contributed by atoms with Gasteiger partial charge >= 0.3 is 0 Å². The van der Waals surface area contributed by atoms with Crippen molar-refractivity contribution >= 4 is 34.4 Å². The Morgan fingerprint density at radius 1 is 1.16 bits per heavy atom. The fraction of sp³-hybridized carbons (Fsp3) is 0.333. The van der Waals surface area contributed by atoms with E-state index in [-0.39, 0.29) is 17.9 Å². The number of furan rings is 1. The van der Waals surface area contributed by atoms with Gasteiger partial charge < -0.3 is 19.4 Å². The molecule has 1 aromatic heterocycles. The number of benzene rings is 2. The molecule has 6 nitrogen and oxygen atoms in total. The van der Waals surface area contributed by atoms with E-state index in [4.69, 9.17) is 20.8 Å². The van der Waals surface area contributed by atoms with Crippen LogP contribution in [0.3, 0.4) is 0 Å². The number of rotatable bonds is 5. The number of ether oxygens (including phenoxy) is 1. The van der Waals surface area contributed by atoms with E-state index in [2.05, 4.69) is 5.32 Å². The van der Waals surface area contributed by atoms with E-state index >= 15 is 0 Å². The molecule has 2 heterocycles. The molecule has 1 saturated heterocycles. The van der Waals surface area contributed by atoms with Crippen LogP contribution >= 0.6 is 11.6 Å². The molecule has 1 aliphatic heterocycles. The van der Waals surface area contributed by atoms with Crippen LogP contribution in [0, 0.1) is 6.92 Å². The number of nitrogens with one attached hydrogen (secondary N) is 1. The molecule has 0 saturated carbocycles. The first-order valence-corrected chi connectivity index (χ1v) is 10.9. The highest BCUT2D eigenvalue weighted by atomic mass is 35.5.